The Kier molecular flexibility index (Phi) is 6.38. The number of benzene rings is 2. The minimum Gasteiger partial charge on any atom is -0.445 e. The summed E-state index contributed by atoms with van der Waals surface area (Å²) in [4.78, 5) is 24.6. The van der Waals surface area contributed by atoms with Crippen LogP contribution in [-0.2, 0) is 17.9 Å². The Morgan fingerprint density at radius 2 is 1.78 bits per heavy atom. The molecular formula is C20H23N3O4. The number of rotatable bonds is 6. The first-order chi connectivity index (χ1) is 13.1. The number of ether oxygens (including phenoxy) is 1. The largest absolute Gasteiger partial charge is 0.445 e. The number of piperidine rings is 1. The second-order valence-corrected chi connectivity index (χ2v) is 6.57. The minimum absolute atomic E-state index is 0.131. The van der Waals surface area contributed by atoms with Gasteiger partial charge in [-0.05, 0) is 18.4 Å². The topological polar surface area (TPSA) is 84.7 Å². The molecule has 1 saturated heterocycles. The van der Waals surface area contributed by atoms with Crippen molar-refractivity contribution in [3.8, 4) is 0 Å². The zero-order chi connectivity index (χ0) is 19.1. The van der Waals surface area contributed by atoms with Crippen LogP contribution in [0.3, 0.4) is 0 Å². The van der Waals surface area contributed by atoms with Gasteiger partial charge in [-0.15, -0.1) is 0 Å². The third-order valence-electron chi connectivity index (χ3n) is 4.73. The molecule has 1 aliphatic heterocycles. The van der Waals surface area contributed by atoms with Gasteiger partial charge >= 0.3 is 6.09 Å². The molecule has 2 aromatic rings. The van der Waals surface area contributed by atoms with Gasteiger partial charge < -0.3 is 15.0 Å². The van der Waals surface area contributed by atoms with Crippen molar-refractivity contribution in [2.24, 2.45) is 0 Å². The van der Waals surface area contributed by atoms with Gasteiger partial charge in [-0.2, -0.15) is 0 Å². The maximum Gasteiger partial charge on any atom is 0.410 e. The molecule has 3 rings (SSSR count). The molecule has 1 aliphatic rings. The van der Waals surface area contributed by atoms with Crippen molar-refractivity contribution >= 4 is 11.8 Å². The van der Waals surface area contributed by atoms with Crippen LogP contribution in [0.2, 0.25) is 0 Å². The molecule has 0 atom stereocenters. The predicted octanol–water partition coefficient (Wildman–Crippen LogP) is 3.49. The summed E-state index contributed by atoms with van der Waals surface area (Å²) in [6.45, 7) is 1.94. The van der Waals surface area contributed by atoms with Crippen LogP contribution in [0.5, 0.6) is 0 Å². The fourth-order valence-electron chi connectivity index (χ4n) is 3.17. The molecule has 1 N–H and O–H groups in total. The van der Waals surface area contributed by atoms with E-state index in [9.17, 15) is 14.9 Å². The number of nitro groups is 1. The molecule has 0 spiro atoms. The number of likely N-dealkylation sites (tertiary alicyclic amines) is 1. The van der Waals surface area contributed by atoms with E-state index in [1.807, 2.05) is 30.3 Å². The van der Waals surface area contributed by atoms with Crippen molar-refractivity contribution in [3.63, 3.8) is 0 Å². The highest BCUT2D eigenvalue weighted by molar-refractivity contribution is 5.67. The fourth-order valence-corrected chi connectivity index (χ4v) is 3.17. The molecule has 0 aromatic heterocycles. The highest BCUT2D eigenvalue weighted by Crippen LogP contribution is 2.19. The van der Waals surface area contributed by atoms with Crippen LogP contribution in [0.1, 0.15) is 24.0 Å². The van der Waals surface area contributed by atoms with Crippen molar-refractivity contribution in [1.82, 2.24) is 10.2 Å². The van der Waals surface area contributed by atoms with Crippen LogP contribution in [0.25, 0.3) is 0 Å². The smallest absolute Gasteiger partial charge is 0.410 e. The summed E-state index contributed by atoms with van der Waals surface area (Å²) >= 11 is 0. The van der Waals surface area contributed by atoms with E-state index in [1.54, 1.807) is 23.1 Å². The monoisotopic (exact) mass is 369 g/mol. The van der Waals surface area contributed by atoms with Crippen LogP contribution >= 0.6 is 0 Å². The van der Waals surface area contributed by atoms with Crippen molar-refractivity contribution < 1.29 is 14.5 Å². The highest BCUT2D eigenvalue weighted by atomic mass is 16.6. The molecule has 0 unspecified atom stereocenters. The highest BCUT2D eigenvalue weighted by Gasteiger charge is 2.24. The number of nitrogens with one attached hydrogen (secondary N) is 1. The molecule has 0 bridgehead atoms. The van der Waals surface area contributed by atoms with E-state index in [1.165, 1.54) is 6.07 Å². The summed E-state index contributed by atoms with van der Waals surface area (Å²) in [6, 6.07) is 16.6. The average molecular weight is 369 g/mol. The number of amides is 1. The van der Waals surface area contributed by atoms with Crippen LogP contribution in [-0.4, -0.2) is 35.0 Å². The van der Waals surface area contributed by atoms with Gasteiger partial charge in [-0.25, -0.2) is 4.79 Å². The lowest BCUT2D eigenvalue weighted by Crippen LogP contribution is -2.44. The second kappa shape index (κ2) is 9.14. The average Bonchev–Trinajstić information content (AvgIpc) is 2.71. The van der Waals surface area contributed by atoms with Crippen molar-refractivity contribution in [2.45, 2.75) is 32.0 Å². The molecule has 2 aromatic carbocycles. The summed E-state index contributed by atoms with van der Waals surface area (Å²) in [7, 11) is 0. The van der Waals surface area contributed by atoms with Gasteiger partial charge in [0.25, 0.3) is 5.69 Å². The van der Waals surface area contributed by atoms with Gasteiger partial charge in [0.2, 0.25) is 0 Å². The molecule has 0 radical (unpaired) electrons. The van der Waals surface area contributed by atoms with Crippen molar-refractivity contribution in [2.75, 3.05) is 13.1 Å². The summed E-state index contributed by atoms with van der Waals surface area (Å²) < 4.78 is 5.37. The Morgan fingerprint density at radius 3 is 2.48 bits per heavy atom. The number of carbonyl (C=O) groups is 1. The zero-order valence-corrected chi connectivity index (χ0v) is 15.0. The third kappa shape index (κ3) is 5.27. The lowest BCUT2D eigenvalue weighted by molar-refractivity contribution is -0.385. The number of hydrogen-bond donors (Lipinski definition) is 1. The van der Waals surface area contributed by atoms with Crippen molar-refractivity contribution in [3.05, 3.63) is 75.8 Å². The first-order valence-electron chi connectivity index (χ1n) is 9.05. The van der Waals surface area contributed by atoms with Crippen LogP contribution < -0.4 is 5.32 Å². The molecule has 1 fully saturated rings. The molecule has 0 aliphatic carbocycles. The summed E-state index contributed by atoms with van der Waals surface area (Å²) in [5.74, 6) is 0. The Labute approximate surface area is 158 Å². The minimum atomic E-state index is -0.359. The van der Waals surface area contributed by atoms with Crippen LogP contribution in [0.4, 0.5) is 10.5 Å². The number of nitrogens with zero attached hydrogens (tertiary/aromatic N) is 2. The van der Waals surface area contributed by atoms with Gasteiger partial charge in [0, 0.05) is 37.3 Å². The van der Waals surface area contributed by atoms with Gasteiger partial charge in [0.1, 0.15) is 6.61 Å². The van der Waals surface area contributed by atoms with E-state index in [0.717, 1.165) is 18.4 Å². The van der Waals surface area contributed by atoms with Crippen LogP contribution in [0, 0.1) is 10.1 Å². The first kappa shape index (κ1) is 18.8. The normalized spacial score (nSPS) is 14.7. The Balaban J connectivity index is 1.42. The number of para-hydroxylation sites is 1. The van der Waals surface area contributed by atoms with Gasteiger partial charge in [0.05, 0.1) is 4.92 Å². The molecule has 27 heavy (non-hydrogen) atoms. The first-order valence-corrected chi connectivity index (χ1v) is 9.05. The second-order valence-electron chi connectivity index (χ2n) is 6.57. The third-order valence-corrected chi connectivity index (χ3v) is 4.73. The van der Waals surface area contributed by atoms with E-state index in [0.29, 0.717) is 25.2 Å². The van der Waals surface area contributed by atoms with E-state index in [-0.39, 0.29) is 29.4 Å². The standard InChI is InChI=1S/C20H23N3O4/c24-20(27-15-16-6-2-1-3-7-16)22-12-10-18(11-13-22)21-14-17-8-4-5-9-19(17)23(25)26/h1-9,18,21H,10-15H2. The SMILES string of the molecule is O=C(OCc1ccccc1)N1CCC(NCc2ccccc2[N+](=O)[O-])CC1. The summed E-state index contributed by atoms with van der Waals surface area (Å²) in [6.07, 6.45) is 1.29. The molecular weight excluding hydrogens is 346 g/mol. The van der Waals surface area contributed by atoms with Crippen molar-refractivity contribution in [1.29, 1.82) is 0 Å². The van der Waals surface area contributed by atoms with E-state index >= 15 is 0 Å². The molecule has 7 nitrogen and oxygen atoms in total. The van der Waals surface area contributed by atoms with Gasteiger partial charge in [-0.3, -0.25) is 10.1 Å². The molecule has 1 amide bonds. The molecule has 7 heteroatoms. The lowest BCUT2D eigenvalue weighted by atomic mass is 10.0. The van der Waals surface area contributed by atoms with E-state index in [2.05, 4.69) is 5.32 Å². The fraction of sp³-hybridized carbons (Fsp3) is 0.350. The lowest BCUT2D eigenvalue weighted by Gasteiger charge is -2.31. The molecule has 142 valence electrons. The molecule has 1 heterocycles. The number of hydrogen-bond acceptors (Lipinski definition) is 5. The van der Waals surface area contributed by atoms with Gasteiger partial charge in [-0.1, -0.05) is 48.5 Å². The zero-order valence-electron chi connectivity index (χ0n) is 15.0. The summed E-state index contributed by atoms with van der Waals surface area (Å²) in [5, 5.41) is 14.4. The Morgan fingerprint density at radius 1 is 1.11 bits per heavy atom. The Hall–Kier alpha value is -2.93. The summed E-state index contributed by atoms with van der Waals surface area (Å²) in [5.41, 5.74) is 1.77. The van der Waals surface area contributed by atoms with E-state index < -0.39 is 0 Å². The van der Waals surface area contributed by atoms with Gasteiger partial charge in [0.15, 0.2) is 0 Å². The molecule has 0 saturated carbocycles. The predicted molar refractivity (Wildman–Crippen MR) is 101 cm³/mol. The van der Waals surface area contributed by atoms with Crippen LogP contribution in [0.15, 0.2) is 54.6 Å². The van der Waals surface area contributed by atoms with E-state index in [4.69, 9.17) is 4.74 Å². The quantitative estimate of drug-likeness (QED) is 0.622. The number of nitro benzene ring substituents is 1. The Bertz CT molecular complexity index is 774. The maximum atomic E-state index is 12.2. The maximum absolute atomic E-state index is 12.2. The number of carbonyl (C=O) groups excluding carboxylic acids is 1.